The Kier molecular flexibility index (Phi) is 2.24. The van der Waals surface area contributed by atoms with Crippen molar-refractivity contribution in [3.8, 4) is 11.4 Å². The third-order valence-corrected chi connectivity index (χ3v) is 3.64. The maximum absolute atomic E-state index is 12.2. The number of phenols is 1. The van der Waals surface area contributed by atoms with Gasteiger partial charge in [0.1, 0.15) is 5.75 Å². The molecule has 0 unspecified atom stereocenters. The van der Waals surface area contributed by atoms with Crippen LogP contribution in [0.4, 0.5) is 0 Å². The molecular weight excluding hydrogens is 268 g/mol. The third-order valence-electron chi connectivity index (χ3n) is 3.64. The first-order valence-corrected chi connectivity index (χ1v) is 6.49. The first-order valence-electron chi connectivity index (χ1n) is 6.49. The first-order chi connectivity index (χ1) is 10.1. The minimum atomic E-state index is -0.237. The Hall–Kier alpha value is -3.02. The number of aryl methyl sites for hydroxylation is 1. The van der Waals surface area contributed by atoms with Gasteiger partial charge in [-0.15, -0.1) is 0 Å². The SMILES string of the molecule is Cn1ncc2cc3[nH]c(=O)n(-c4cccc(O)c4)c3cc21. The lowest BCUT2D eigenvalue weighted by Gasteiger charge is -2.04. The van der Waals surface area contributed by atoms with Crippen molar-refractivity contribution in [2.45, 2.75) is 0 Å². The van der Waals surface area contributed by atoms with E-state index in [4.69, 9.17) is 0 Å². The van der Waals surface area contributed by atoms with E-state index in [0.29, 0.717) is 5.69 Å². The molecule has 6 heteroatoms. The number of nitrogens with one attached hydrogen (secondary N) is 1. The molecule has 2 N–H and O–H groups in total. The molecule has 0 radical (unpaired) electrons. The van der Waals surface area contributed by atoms with E-state index in [2.05, 4.69) is 10.1 Å². The van der Waals surface area contributed by atoms with Crippen molar-refractivity contribution in [1.82, 2.24) is 19.3 Å². The van der Waals surface area contributed by atoms with Gasteiger partial charge in [-0.2, -0.15) is 5.10 Å². The largest absolute Gasteiger partial charge is 0.508 e. The summed E-state index contributed by atoms with van der Waals surface area (Å²) in [5.74, 6) is 0.121. The fourth-order valence-corrected chi connectivity index (χ4v) is 2.64. The second-order valence-electron chi connectivity index (χ2n) is 4.98. The van der Waals surface area contributed by atoms with Gasteiger partial charge in [-0.25, -0.2) is 4.79 Å². The number of fused-ring (bicyclic) bond motifs is 2. The second kappa shape index (κ2) is 3.99. The number of imidazole rings is 1. The quantitative estimate of drug-likeness (QED) is 0.559. The summed E-state index contributed by atoms with van der Waals surface area (Å²) >= 11 is 0. The van der Waals surface area contributed by atoms with Gasteiger partial charge in [-0.3, -0.25) is 9.25 Å². The van der Waals surface area contributed by atoms with Crippen LogP contribution in [0.3, 0.4) is 0 Å². The summed E-state index contributed by atoms with van der Waals surface area (Å²) < 4.78 is 3.31. The summed E-state index contributed by atoms with van der Waals surface area (Å²) in [6, 6.07) is 10.4. The lowest BCUT2D eigenvalue weighted by atomic mass is 10.2. The number of nitrogens with zero attached hydrogens (tertiary/aromatic N) is 3. The smallest absolute Gasteiger partial charge is 0.331 e. The Morgan fingerprint density at radius 1 is 1.19 bits per heavy atom. The number of aromatic hydroxyl groups is 1. The molecule has 2 aromatic carbocycles. The average Bonchev–Trinajstić information content (AvgIpc) is 2.96. The number of phenolic OH excluding ortho intramolecular Hbond substituents is 1. The molecule has 2 heterocycles. The number of aromatic amines is 1. The van der Waals surface area contributed by atoms with Gasteiger partial charge >= 0.3 is 5.69 Å². The van der Waals surface area contributed by atoms with Crippen LogP contribution in [-0.2, 0) is 7.05 Å². The van der Waals surface area contributed by atoms with Crippen LogP contribution >= 0.6 is 0 Å². The lowest BCUT2D eigenvalue weighted by Crippen LogP contribution is -2.14. The van der Waals surface area contributed by atoms with Crippen molar-refractivity contribution in [2.75, 3.05) is 0 Å². The summed E-state index contributed by atoms with van der Waals surface area (Å²) in [4.78, 5) is 15.1. The normalized spacial score (nSPS) is 11.5. The van der Waals surface area contributed by atoms with E-state index in [-0.39, 0.29) is 11.4 Å². The molecule has 0 bridgehead atoms. The molecule has 0 fully saturated rings. The van der Waals surface area contributed by atoms with E-state index in [0.717, 1.165) is 21.9 Å². The molecule has 104 valence electrons. The van der Waals surface area contributed by atoms with Crippen LogP contribution in [-0.4, -0.2) is 24.4 Å². The lowest BCUT2D eigenvalue weighted by molar-refractivity contribution is 0.475. The molecule has 0 amide bonds. The Labute approximate surface area is 118 Å². The minimum Gasteiger partial charge on any atom is -0.508 e. The van der Waals surface area contributed by atoms with E-state index >= 15 is 0 Å². The molecule has 0 spiro atoms. The van der Waals surface area contributed by atoms with Gasteiger partial charge in [-0.05, 0) is 24.3 Å². The van der Waals surface area contributed by atoms with Gasteiger partial charge < -0.3 is 10.1 Å². The predicted octanol–water partition coefficient (Wildman–Crippen LogP) is 1.91. The van der Waals surface area contributed by atoms with Crippen LogP contribution in [0.5, 0.6) is 5.75 Å². The van der Waals surface area contributed by atoms with E-state index in [9.17, 15) is 9.90 Å². The summed E-state index contributed by atoms with van der Waals surface area (Å²) in [6.07, 6.45) is 1.76. The zero-order valence-corrected chi connectivity index (χ0v) is 11.2. The number of aromatic nitrogens is 4. The number of H-pyrrole nitrogens is 1. The van der Waals surface area contributed by atoms with Crippen LogP contribution in [0.1, 0.15) is 0 Å². The van der Waals surface area contributed by atoms with Gasteiger partial charge in [-0.1, -0.05) is 6.07 Å². The highest BCUT2D eigenvalue weighted by atomic mass is 16.3. The number of hydrogen-bond donors (Lipinski definition) is 2. The van der Waals surface area contributed by atoms with E-state index < -0.39 is 0 Å². The summed E-state index contributed by atoms with van der Waals surface area (Å²) in [5.41, 5.74) is 2.81. The molecule has 0 atom stereocenters. The monoisotopic (exact) mass is 280 g/mol. The van der Waals surface area contributed by atoms with E-state index in [1.165, 1.54) is 0 Å². The summed E-state index contributed by atoms with van der Waals surface area (Å²) in [6.45, 7) is 0. The Morgan fingerprint density at radius 3 is 2.86 bits per heavy atom. The Balaban J connectivity index is 2.12. The molecule has 0 saturated heterocycles. The third kappa shape index (κ3) is 1.66. The summed E-state index contributed by atoms with van der Waals surface area (Å²) in [5, 5.41) is 14.8. The molecule has 6 nitrogen and oxygen atoms in total. The van der Waals surface area contributed by atoms with E-state index in [1.807, 2.05) is 19.2 Å². The molecule has 0 aliphatic heterocycles. The molecule has 2 aromatic heterocycles. The second-order valence-corrected chi connectivity index (χ2v) is 4.98. The van der Waals surface area contributed by atoms with Crippen LogP contribution in [0.25, 0.3) is 27.6 Å². The molecular formula is C15H12N4O2. The van der Waals surface area contributed by atoms with Crippen LogP contribution in [0.15, 0.2) is 47.4 Å². The number of benzene rings is 2. The van der Waals surface area contributed by atoms with Crippen molar-refractivity contribution >= 4 is 21.9 Å². The highest BCUT2D eigenvalue weighted by Gasteiger charge is 2.11. The summed E-state index contributed by atoms with van der Waals surface area (Å²) in [7, 11) is 1.86. The first kappa shape index (κ1) is 11.8. The van der Waals surface area contributed by atoms with Gasteiger partial charge in [0.05, 0.1) is 28.4 Å². The molecule has 0 aliphatic carbocycles. The number of hydrogen-bond acceptors (Lipinski definition) is 3. The molecule has 4 aromatic rings. The predicted molar refractivity (Wildman–Crippen MR) is 79.8 cm³/mol. The van der Waals surface area contributed by atoms with Crippen molar-refractivity contribution in [3.05, 3.63) is 53.1 Å². The van der Waals surface area contributed by atoms with Crippen LogP contribution in [0.2, 0.25) is 0 Å². The Morgan fingerprint density at radius 2 is 2.05 bits per heavy atom. The molecule has 0 saturated carbocycles. The van der Waals surface area contributed by atoms with Crippen molar-refractivity contribution in [2.24, 2.45) is 7.05 Å². The highest BCUT2D eigenvalue weighted by Crippen LogP contribution is 2.23. The zero-order chi connectivity index (χ0) is 14.6. The Bertz CT molecular complexity index is 1040. The fraction of sp³-hybridized carbons (Fsp3) is 0.0667. The van der Waals surface area contributed by atoms with Gasteiger partial charge in [0, 0.05) is 18.5 Å². The number of rotatable bonds is 1. The topological polar surface area (TPSA) is 75.8 Å². The van der Waals surface area contributed by atoms with Crippen molar-refractivity contribution < 1.29 is 5.11 Å². The van der Waals surface area contributed by atoms with Gasteiger partial charge in [0.25, 0.3) is 0 Å². The standard InChI is InChI=1S/C15H12N4O2/c1-18-13-7-14-12(5-9(13)8-16-18)17-15(21)19(14)10-3-2-4-11(20)6-10/h2-8,20H,1H3,(H,17,21). The molecule has 21 heavy (non-hydrogen) atoms. The molecule has 0 aliphatic rings. The highest BCUT2D eigenvalue weighted by molar-refractivity contribution is 5.93. The van der Waals surface area contributed by atoms with Crippen molar-refractivity contribution in [3.63, 3.8) is 0 Å². The molecule has 4 rings (SSSR count). The van der Waals surface area contributed by atoms with Crippen molar-refractivity contribution in [1.29, 1.82) is 0 Å². The van der Waals surface area contributed by atoms with Gasteiger partial charge in [0.2, 0.25) is 0 Å². The maximum Gasteiger partial charge on any atom is 0.331 e. The van der Waals surface area contributed by atoms with Crippen LogP contribution < -0.4 is 5.69 Å². The van der Waals surface area contributed by atoms with Gasteiger partial charge in [0.15, 0.2) is 0 Å². The maximum atomic E-state index is 12.2. The zero-order valence-electron chi connectivity index (χ0n) is 11.2. The van der Waals surface area contributed by atoms with E-state index in [1.54, 1.807) is 39.7 Å². The minimum absolute atomic E-state index is 0.121. The average molecular weight is 280 g/mol. The fourth-order valence-electron chi connectivity index (χ4n) is 2.64. The van der Waals surface area contributed by atoms with Crippen LogP contribution in [0, 0.1) is 0 Å².